The van der Waals surface area contributed by atoms with Crippen molar-refractivity contribution in [1.29, 1.82) is 5.41 Å². The largest absolute Gasteiger partial charge is 0.444 e. The van der Waals surface area contributed by atoms with Crippen molar-refractivity contribution in [3.8, 4) is 0 Å². The first kappa shape index (κ1) is 41.4. The minimum atomic E-state index is -0.532. The van der Waals surface area contributed by atoms with Gasteiger partial charge in [-0.1, -0.05) is 13.8 Å². The molecule has 0 atom stereocenters. The van der Waals surface area contributed by atoms with Crippen LogP contribution in [0.4, 0.5) is 27.5 Å². The van der Waals surface area contributed by atoms with Crippen molar-refractivity contribution in [2.24, 2.45) is 5.92 Å². The Bertz CT molecular complexity index is 1510. The highest BCUT2D eigenvalue weighted by atomic mass is 16.6. The molecule has 3 aliphatic rings. The summed E-state index contributed by atoms with van der Waals surface area (Å²) in [6.45, 7) is 17.2. The number of likely N-dealkylation sites (tertiary alicyclic amines) is 1. The minimum absolute atomic E-state index is 0.0599. The highest BCUT2D eigenvalue weighted by molar-refractivity contribution is 6.06. The number of rotatable bonds is 11. The fourth-order valence-corrected chi connectivity index (χ4v) is 7.29. The third-order valence-corrected chi connectivity index (χ3v) is 10.2. The highest BCUT2D eigenvalue weighted by Crippen LogP contribution is 2.35. The Morgan fingerprint density at radius 3 is 2.25 bits per heavy atom. The molecule has 3 heterocycles. The van der Waals surface area contributed by atoms with E-state index in [0.717, 1.165) is 88.6 Å². The van der Waals surface area contributed by atoms with Gasteiger partial charge < -0.3 is 34.8 Å². The Hall–Kier alpha value is -4.36. The number of ether oxygens (including phenoxy) is 2. The van der Waals surface area contributed by atoms with E-state index in [1.165, 1.54) is 10.6 Å². The van der Waals surface area contributed by atoms with Gasteiger partial charge in [-0.05, 0) is 94.8 Å². The van der Waals surface area contributed by atoms with Crippen LogP contribution in [0.2, 0.25) is 0 Å². The van der Waals surface area contributed by atoms with Gasteiger partial charge in [-0.2, -0.15) is 0 Å². The normalized spacial score (nSPS) is 17.6. The smallest absolute Gasteiger partial charge is 0.412 e. The Labute approximate surface area is 316 Å². The van der Waals surface area contributed by atoms with Crippen molar-refractivity contribution < 1.29 is 23.9 Å². The first-order valence-electron chi connectivity index (χ1n) is 19.2. The fraction of sp³-hybridized carbons (Fsp3) is 0.600. The standard InChI is InChI=1S/C38H56N8O5.C2H6/c1-37(2,3)51-36(49)42-29-6-8-30(9-7-29)44-17-12-28(13-18-44)25-43-20-15-38(16-21-43)26-45(22-23-50-38)31-10-11-32(33(24-31)40-4)35(39)46(27-47)19-14-34(48)41-5;1-2/h6-11,24,27-28,39-40H,12-23,25-26H2,1-5H3,(H,41,48)(H,42,49);1-2H3. The van der Waals surface area contributed by atoms with Gasteiger partial charge in [0.2, 0.25) is 12.3 Å². The summed E-state index contributed by atoms with van der Waals surface area (Å²) in [5.74, 6) is 0.552. The number of morpholine rings is 1. The Morgan fingerprint density at radius 1 is 0.981 bits per heavy atom. The van der Waals surface area contributed by atoms with Gasteiger partial charge in [-0.25, -0.2) is 4.79 Å². The number of carbonyl (C=O) groups excluding carboxylic acids is 3. The van der Waals surface area contributed by atoms with Crippen LogP contribution in [0.25, 0.3) is 0 Å². The summed E-state index contributed by atoms with van der Waals surface area (Å²) in [6.07, 6.45) is 4.59. The summed E-state index contributed by atoms with van der Waals surface area (Å²) < 4.78 is 11.9. The fourth-order valence-electron chi connectivity index (χ4n) is 7.29. The molecular weight excluding hydrogens is 672 g/mol. The van der Waals surface area contributed by atoms with Gasteiger partial charge in [0.25, 0.3) is 0 Å². The predicted octanol–water partition coefficient (Wildman–Crippen LogP) is 5.61. The van der Waals surface area contributed by atoms with Crippen LogP contribution < -0.4 is 25.8 Å². The van der Waals surface area contributed by atoms with E-state index < -0.39 is 11.7 Å². The average molecular weight is 735 g/mol. The summed E-state index contributed by atoms with van der Waals surface area (Å²) in [4.78, 5) is 44.3. The van der Waals surface area contributed by atoms with E-state index in [4.69, 9.17) is 14.9 Å². The lowest BCUT2D eigenvalue weighted by atomic mass is 9.87. The molecular formula is C40H62N8O5. The van der Waals surface area contributed by atoms with E-state index >= 15 is 0 Å². The molecule has 0 radical (unpaired) electrons. The molecule has 2 aromatic rings. The van der Waals surface area contributed by atoms with Crippen molar-refractivity contribution in [3.05, 3.63) is 48.0 Å². The monoisotopic (exact) mass is 734 g/mol. The Morgan fingerprint density at radius 2 is 1.64 bits per heavy atom. The molecule has 1 spiro atoms. The summed E-state index contributed by atoms with van der Waals surface area (Å²) in [6, 6.07) is 14.0. The van der Waals surface area contributed by atoms with E-state index in [-0.39, 0.29) is 30.3 Å². The summed E-state index contributed by atoms with van der Waals surface area (Å²) in [5.41, 5.74) is 3.63. The van der Waals surface area contributed by atoms with E-state index in [1.54, 1.807) is 7.05 Å². The SMILES string of the molecule is CC.CNC(=O)CCN(C=O)C(=N)c1ccc(N2CCOC3(CCN(CC4CCN(c5ccc(NC(=O)OC(C)(C)C)cc5)CC4)CC3)C2)cc1NC. The van der Waals surface area contributed by atoms with E-state index in [2.05, 4.69) is 42.8 Å². The molecule has 3 aliphatic heterocycles. The maximum Gasteiger partial charge on any atom is 0.412 e. The molecule has 53 heavy (non-hydrogen) atoms. The molecule has 4 N–H and O–H groups in total. The zero-order valence-electron chi connectivity index (χ0n) is 32.9. The van der Waals surface area contributed by atoms with Crippen molar-refractivity contribution in [2.45, 2.75) is 77.9 Å². The molecule has 5 rings (SSSR count). The highest BCUT2D eigenvalue weighted by Gasteiger charge is 2.40. The van der Waals surface area contributed by atoms with Gasteiger partial charge in [-0.3, -0.25) is 25.2 Å². The summed E-state index contributed by atoms with van der Waals surface area (Å²) in [5, 5.41) is 17.2. The lowest BCUT2D eigenvalue weighted by Gasteiger charge is -2.48. The predicted molar refractivity (Wildman–Crippen MR) is 213 cm³/mol. The van der Waals surface area contributed by atoms with Crippen LogP contribution in [0.5, 0.6) is 0 Å². The zero-order valence-corrected chi connectivity index (χ0v) is 32.9. The number of nitrogens with zero attached hydrogens (tertiary/aromatic N) is 4. The number of amidine groups is 1. The molecule has 292 valence electrons. The van der Waals surface area contributed by atoms with Crippen molar-refractivity contribution in [2.75, 3.05) is 93.5 Å². The third-order valence-electron chi connectivity index (χ3n) is 10.2. The van der Waals surface area contributed by atoms with E-state index in [9.17, 15) is 14.4 Å². The second kappa shape index (κ2) is 19.1. The van der Waals surface area contributed by atoms with Crippen LogP contribution in [0.15, 0.2) is 42.5 Å². The molecule has 3 fully saturated rings. The molecule has 13 nitrogen and oxygen atoms in total. The summed E-state index contributed by atoms with van der Waals surface area (Å²) in [7, 11) is 3.37. The molecule has 0 unspecified atom stereocenters. The van der Waals surface area contributed by atoms with Gasteiger partial charge >= 0.3 is 6.09 Å². The molecule has 2 aromatic carbocycles. The Kier molecular flexibility index (Phi) is 14.9. The van der Waals surface area contributed by atoms with E-state index in [1.807, 2.05) is 72.0 Å². The van der Waals surface area contributed by atoms with Crippen LogP contribution in [0.3, 0.4) is 0 Å². The van der Waals surface area contributed by atoms with Crippen molar-refractivity contribution in [3.63, 3.8) is 0 Å². The number of piperidine rings is 2. The topological polar surface area (TPSA) is 143 Å². The summed E-state index contributed by atoms with van der Waals surface area (Å²) >= 11 is 0. The van der Waals surface area contributed by atoms with Gasteiger partial charge in [0.05, 0.1) is 12.2 Å². The molecule has 13 heteroatoms. The van der Waals surface area contributed by atoms with E-state index in [0.29, 0.717) is 24.5 Å². The van der Waals surface area contributed by atoms with Crippen LogP contribution in [0, 0.1) is 11.3 Å². The second-order valence-corrected chi connectivity index (χ2v) is 14.9. The average Bonchev–Trinajstić information content (AvgIpc) is 3.16. The third kappa shape index (κ3) is 11.6. The number of nitrogens with one attached hydrogen (secondary N) is 4. The number of hydrogen-bond acceptors (Lipinski definition) is 10. The molecule has 3 amide bonds. The zero-order chi connectivity index (χ0) is 38.6. The van der Waals surface area contributed by atoms with Gasteiger partial charge in [-0.15, -0.1) is 0 Å². The lowest BCUT2D eigenvalue weighted by molar-refractivity contribution is -0.121. The maximum absolute atomic E-state index is 12.1. The number of anilines is 4. The molecule has 0 saturated carbocycles. The van der Waals surface area contributed by atoms with Crippen LogP contribution in [-0.4, -0.2) is 118 Å². The minimum Gasteiger partial charge on any atom is -0.444 e. The van der Waals surface area contributed by atoms with Crippen LogP contribution >= 0.6 is 0 Å². The van der Waals surface area contributed by atoms with Crippen molar-refractivity contribution >= 4 is 47.0 Å². The second-order valence-electron chi connectivity index (χ2n) is 14.9. The van der Waals surface area contributed by atoms with Crippen molar-refractivity contribution in [1.82, 2.24) is 15.1 Å². The van der Waals surface area contributed by atoms with Gasteiger partial charge in [0, 0.05) is 101 Å². The lowest BCUT2D eigenvalue weighted by Crippen LogP contribution is -2.57. The molecule has 3 saturated heterocycles. The molecule has 0 aliphatic carbocycles. The van der Waals surface area contributed by atoms with Gasteiger partial charge in [0.15, 0.2) is 0 Å². The Balaban J connectivity index is 0.00000308. The number of benzene rings is 2. The molecule has 0 aromatic heterocycles. The first-order valence-corrected chi connectivity index (χ1v) is 19.2. The molecule has 0 bridgehead atoms. The number of carbonyl (C=O) groups is 3. The maximum atomic E-state index is 12.1. The van der Waals surface area contributed by atoms with Crippen LogP contribution in [0.1, 0.15) is 72.3 Å². The quantitative estimate of drug-likeness (QED) is 0.132. The number of amides is 3. The number of hydrogen-bond donors (Lipinski definition) is 4. The van der Waals surface area contributed by atoms with Gasteiger partial charge in [0.1, 0.15) is 11.4 Å². The van der Waals surface area contributed by atoms with Crippen LogP contribution in [-0.2, 0) is 19.1 Å². The first-order chi connectivity index (χ1) is 25.4.